The van der Waals surface area contributed by atoms with Gasteiger partial charge >= 0.3 is 0 Å². The van der Waals surface area contributed by atoms with Gasteiger partial charge in [0.25, 0.3) is 0 Å². The van der Waals surface area contributed by atoms with Gasteiger partial charge in [-0.3, -0.25) is 0 Å². The number of fused-ring (bicyclic) bond motifs is 3. The minimum absolute atomic E-state index is 0.445. The molecule has 0 unspecified atom stereocenters. The van der Waals surface area contributed by atoms with Crippen molar-refractivity contribution in [2.45, 2.75) is 25.7 Å². The Morgan fingerprint density at radius 3 is 2.53 bits per heavy atom. The Kier molecular flexibility index (Phi) is 5.04. The summed E-state index contributed by atoms with van der Waals surface area (Å²) in [5.41, 5.74) is 4.46. The van der Waals surface area contributed by atoms with Crippen molar-refractivity contribution >= 4 is 27.4 Å². The SMILES string of the molecule is O=S(=O)(C=Cc1ccccc1)N1CCN(c2nccn3nc4c(c23)CCCC4)CC1. The number of hydrogen-bond acceptors (Lipinski definition) is 5. The van der Waals surface area contributed by atoms with E-state index in [1.807, 2.05) is 41.0 Å². The molecule has 2 aliphatic rings. The predicted molar refractivity (Wildman–Crippen MR) is 118 cm³/mol. The number of sulfonamides is 1. The highest BCUT2D eigenvalue weighted by atomic mass is 32.2. The van der Waals surface area contributed by atoms with Crippen molar-refractivity contribution in [2.24, 2.45) is 0 Å². The van der Waals surface area contributed by atoms with E-state index in [1.165, 1.54) is 29.5 Å². The molecular weight excluding hydrogens is 398 g/mol. The van der Waals surface area contributed by atoms with E-state index >= 15 is 0 Å². The molecule has 0 amide bonds. The maximum atomic E-state index is 12.8. The average Bonchev–Trinajstić information content (AvgIpc) is 3.17. The van der Waals surface area contributed by atoms with Crippen LogP contribution < -0.4 is 4.90 Å². The molecule has 0 N–H and O–H groups in total. The molecule has 1 saturated heterocycles. The van der Waals surface area contributed by atoms with Crippen LogP contribution in [0.4, 0.5) is 5.82 Å². The lowest BCUT2D eigenvalue weighted by molar-refractivity contribution is 0.389. The highest BCUT2D eigenvalue weighted by Gasteiger charge is 2.28. The Morgan fingerprint density at radius 1 is 0.967 bits per heavy atom. The van der Waals surface area contributed by atoms with E-state index in [1.54, 1.807) is 16.6 Å². The summed E-state index contributed by atoms with van der Waals surface area (Å²) in [6.07, 6.45) is 9.78. The first kappa shape index (κ1) is 19.3. The van der Waals surface area contributed by atoms with E-state index in [-0.39, 0.29) is 0 Å². The third kappa shape index (κ3) is 3.61. The Labute approximate surface area is 176 Å². The minimum Gasteiger partial charge on any atom is -0.352 e. The molecule has 156 valence electrons. The summed E-state index contributed by atoms with van der Waals surface area (Å²) >= 11 is 0. The number of piperazine rings is 1. The Morgan fingerprint density at radius 2 is 1.73 bits per heavy atom. The molecule has 7 nitrogen and oxygen atoms in total. The van der Waals surface area contributed by atoms with E-state index < -0.39 is 10.0 Å². The number of nitrogens with zero attached hydrogens (tertiary/aromatic N) is 5. The van der Waals surface area contributed by atoms with Crippen molar-refractivity contribution in [3.05, 3.63) is 65.0 Å². The van der Waals surface area contributed by atoms with Crippen LogP contribution in [0.2, 0.25) is 0 Å². The van der Waals surface area contributed by atoms with E-state index in [2.05, 4.69) is 9.88 Å². The van der Waals surface area contributed by atoms with Crippen molar-refractivity contribution in [2.75, 3.05) is 31.1 Å². The van der Waals surface area contributed by atoms with Gasteiger partial charge in [-0.25, -0.2) is 17.9 Å². The van der Waals surface area contributed by atoms with Crippen molar-refractivity contribution in [1.82, 2.24) is 18.9 Å². The average molecular weight is 424 g/mol. The first-order valence-corrected chi connectivity index (χ1v) is 12.0. The summed E-state index contributed by atoms with van der Waals surface area (Å²) in [6, 6.07) is 9.49. The molecule has 3 aromatic rings. The zero-order valence-electron chi connectivity index (χ0n) is 16.8. The van der Waals surface area contributed by atoms with E-state index in [4.69, 9.17) is 5.10 Å². The number of anilines is 1. The van der Waals surface area contributed by atoms with Crippen LogP contribution in [0.25, 0.3) is 11.6 Å². The Hall–Kier alpha value is -2.71. The standard InChI is InChI=1S/C22H25N5O2S/c28-30(29,17-10-18-6-2-1-3-7-18)26-15-13-25(14-16-26)22-21-19-8-4-5-9-20(19)24-27(21)12-11-23-22/h1-3,6-7,10-12,17H,4-5,8-9,13-16H2. The quantitative estimate of drug-likeness (QED) is 0.645. The second-order valence-corrected chi connectivity index (χ2v) is 9.64. The summed E-state index contributed by atoms with van der Waals surface area (Å²) in [7, 11) is -3.45. The fourth-order valence-electron chi connectivity index (χ4n) is 4.35. The Bertz CT molecular complexity index is 1180. The molecule has 1 fully saturated rings. The van der Waals surface area contributed by atoms with Gasteiger partial charge in [-0.1, -0.05) is 30.3 Å². The van der Waals surface area contributed by atoms with Crippen LogP contribution in [0.1, 0.15) is 29.7 Å². The van der Waals surface area contributed by atoms with Gasteiger partial charge in [0, 0.05) is 49.5 Å². The lowest BCUT2D eigenvalue weighted by Gasteiger charge is -2.34. The molecule has 3 heterocycles. The van der Waals surface area contributed by atoms with Crippen LogP contribution >= 0.6 is 0 Å². The van der Waals surface area contributed by atoms with Gasteiger partial charge in [0.15, 0.2) is 5.82 Å². The highest BCUT2D eigenvalue weighted by Crippen LogP contribution is 2.30. The number of hydrogen-bond donors (Lipinski definition) is 0. The fraction of sp³-hybridized carbons (Fsp3) is 0.364. The Balaban J connectivity index is 1.34. The third-order valence-electron chi connectivity index (χ3n) is 5.93. The summed E-state index contributed by atoms with van der Waals surface area (Å²) < 4.78 is 29.0. The van der Waals surface area contributed by atoms with Crippen molar-refractivity contribution in [3.8, 4) is 0 Å². The molecular formula is C22H25N5O2S. The zero-order chi connectivity index (χ0) is 20.6. The third-order valence-corrected chi connectivity index (χ3v) is 7.49. The predicted octanol–water partition coefficient (Wildman–Crippen LogP) is 2.73. The van der Waals surface area contributed by atoms with Gasteiger partial charge < -0.3 is 4.90 Å². The van der Waals surface area contributed by atoms with Crippen LogP contribution in [-0.4, -0.2) is 53.5 Å². The second-order valence-electron chi connectivity index (χ2n) is 7.82. The summed E-state index contributed by atoms with van der Waals surface area (Å²) in [4.78, 5) is 6.85. The molecule has 30 heavy (non-hydrogen) atoms. The minimum atomic E-state index is -3.45. The van der Waals surface area contributed by atoms with Crippen LogP contribution in [-0.2, 0) is 22.9 Å². The van der Waals surface area contributed by atoms with Crippen LogP contribution in [0.3, 0.4) is 0 Å². The topological polar surface area (TPSA) is 70.8 Å². The van der Waals surface area contributed by atoms with E-state index in [9.17, 15) is 8.42 Å². The number of aromatic nitrogens is 3. The number of rotatable bonds is 4. The second kappa shape index (κ2) is 7.85. The van der Waals surface area contributed by atoms with Crippen LogP contribution in [0.5, 0.6) is 0 Å². The molecule has 1 aliphatic carbocycles. The van der Waals surface area contributed by atoms with Crippen molar-refractivity contribution in [3.63, 3.8) is 0 Å². The lowest BCUT2D eigenvalue weighted by Crippen LogP contribution is -2.48. The molecule has 0 radical (unpaired) electrons. The maximum Gasteiger partial charge on any atom is 0.236 e. The molecule has 0 atom stereocenters. The molecule has 0 saturated carbocycles. The summed E-state index contributed by atoms with van der Waals surface area (Å²) in [5.74, 6) is 0.921. The van der Waals surface area contributed by atoms with E-state index in [0.29, 0.717) is 26.2 Å². The molecule has 1 aromatic carbocycles. The van der Waals surface area contributed by atoms with Gasteiger partial charge in [0.05, 0.1) is 5.69 Å². The van der Waals surface area contributed by atoms with Gasteiger partial charge in [-0.2, -0.15) is 9.40 Å². The molecule has 2 aromatic heterocycles. The zero-order valence-corrected chi connectivity index (χ0v) is 17.6. The number of benzene rings is 1. The number of aryl methyl sites for hydroxylation is 2. The highest BCUT2D eigenvalue weighted by molar-refractivity contribution is 7.92. The normalized spacial score (nSPS) is 18.2. The smallest absolute Gasteiger partial charge is 0.236 e. The first-order valence-electron chi connectivity index (χ1n) is 10.5. The molecule has 5 rings (SSSR count). The van der Waals surface area contributed by atoms with Crippen molar-refractivity contribution in [1.29, 1.82) is 0 Å². The first-order chi connectivity index (χ1) is 14.6. The largest absolute Gasteiger partial charge is 0.352 e. The monoisotopic (exact) mass is 423 g/mol. The van der Waals surface area contributed by atoms with Crippen LogP contribution in [0, 0.1) is 0 Å². The van der Waals surface area contributed by atoms with Gasteiger partial charge in [-0.05, 0) is 37.3 Å². The maximum absolute atomic E-state index is 12.8. The molecule has 0 bridgehead atoms. The van der Waals surface area contributed by atoms with Crippen LogP contribution in [0.15, 0.2) is 48.1 Å². The van der Waals surface area contributed by atoms with E-state index in [0.717, 1.165) is 29.7 Å². The molecule has 0 spiro atoms. The summed E-state index contributed by atoms with van der Waals surface area (Å²) in [6.45, 7) is 2.12. The fourth-order valence-corrected chi connectivity index (χ4v) is 5.52. The molecule has 8 heteroatoms. The molecule has 1 aliphatic heterocycles. The lowest BCUT2D eigenvalue weighted by atomic mass is 9.97. The van der Waals surface area contributed by atoms with Gasteiger partial charge in [0.1, 0.15) is 5.52 Å². The van der Waals surface area contributed by atoms with Crippen molar-refractivity contribution < 1.29 is 8.42 Å². The van der Waals surface area contributed by atoms with Gasteiger partial charge in [-0.15, -0.1) is 0 Å². The van der Waals surface area contributed by atoms with Gasteiger partial charge in [0.2, 0.25) is 10.0 Å². The summed E-state index contributed by atoms with van der Waals surface area (Å²) in [5, 5.41) is 6.06.